The molecule has 1 rings (SSSR count). The summed E-state index contributed by atoms with van der Waals surface area (Å²) in [5.74, 6) is -1.01. The lowest BCUT2D eigenvalue weighted by atomic mass is 10.1. The Morgan fingerprint density at radius 1 is 1.77 bits per heavy atom. The summed E-state index contributed by atoms with van der Waals surface area (Å²) >= 11 is 0. The Balaban J connectivity index is 2.74. The fourth-order valence-electron chi connectivity index (χ4n) is 0.944. The number of aromatic nitrogens is 2. The molecule has 5 heteroatoms. The number of aliphatic carboxylic acids is 1. The van der Waals surface area contributed by atoms with Crippen LogP contribution in [-0.2, 0) is 11.2 Å². The average molecular weight is 181 g/mol. The lowest BCUT2D eigenvalue weighted by Crippen LogP contribution is -2.32. The molecule has 0 saturated heterocycles. The minimum absolute atomic E-state index is 0.266. The maximum Gasteiger partial charge on any atom is 0.320 e. The zero-order valence-electron chi connectivity index (χ0n) is 7.27. The highest BCUT2D eigenvalue weighted by Crippen LogP contribution is 2.04. The maximum atomic E-state index is 10.4. The summed E-state index contributed by atoms with van der Waals surface area (Å²) < 4.78 is 0. The van der Waals surface area contributed by atoms with Crippen molar-refractivity contribution < 1.29 is 9.90 Å². The molecule has 0 spiro atoms. The van der Waals surface area contributed by atoms with Crippen LogP contribution in [0, 0.1) is 6.92 Å². The van der Waals surface area contributed by atoms with Gasteiger partial charge in [-0.2, -0.15) is 0 Å². The molecule has 0 aliphatic carbocycles. The van der Waals surface area contributed by atoms with Crippen LogP contribution in [0.1, 0.15) is 11.3 Å². The Kier molecular flexibility index (Phi) is 2.92. The third kappa shape index (κ3) is 2.48. The van der Waals surface area contributed by atoms with E-state index in [-0.39, 0.29) is 6.42 Å². The Bertz CT molecular complexity index is 314. The van der Waals surface area contributed by atoms with E-state index in [2.05, 4.69) is 9.97 Å². The molecule has 1 aromatic rings. The molecule has 3 N–H and O–H groups in total. The number of carboxylic acids is 1. The van der Waals surface area contributed by atoms with Crippen molar-refractivity contribution in [1.29, 1.82) is 0 Å². The topological polar surface area (TPSA) is 89.1 Å². The second-order valence-corrected chi connectivity index (χ2v) is 2.78. The molecular formula is C8H11N3O2. The fourth-order valence-corrected chi connectivity index (χ4v) is 0.944. The highest BCUT2D eigenvalue weighted by atomic mass is 16.4. The number of carbonyl (C=O) groups is 1. The Labute approximate surface area is 75.6 Å². The summed E-state index contributed by atoms with van der Waals surface area (Å²) in [6.07, 6.45) is 3.28. The third-order valence-corrected chi connectivity index (χ3v) is 1.77. The van der Waals surface area contributed by atoms with Crippen LogP contribution < -0.4 is 5.73 Å². The van der Waals surface area contributed by atoms with Crippen LogP contribution >= 0.6 is 0 Å². The second-order valence-electron chi connectivity index (χ2n) is 2.78. The largest absolute Gasteiger partial charge is 0.480 e. The summed E-state index contributed by atoms with van der Waals surface area (Å²) in [6, 6.07) is -0.885. The average Bonchev–Trinajstić information content (AvgIpc) is 2.08. The Morgan fingerprint density at radius 3 is 3.00 bits per heavy atom. The number of carboxylic acid groups (broad SMARTS) is 1. The fraction of sp³-hybridized carbons (Fsp3) is 0.375. The zero-order valence-corrected chi connectivity index (χ0v) is 7.27. The summed E-state index contributed by atoms with van der Waals surface area (Å²) in [5.41, 5.74) is 6.91. The minimum Gasteiger partial charge on any atom is -0.480 e. The number of rotatable bonds is 3. The second kappa shape index (κ2) is 3.95. The minimum atomic E-state index is -1.01. The quantitative estimate of drug-likeness (QED) is 0.670. The first-order valence-corrected chi connectivity index (χ1v) is 3.85. The summed E-state index contributed by atoms with van der Waals surface area (Å²) in [6.45, 7) is 1.80. The molecular weight excluding hydrogens is 170 g/mol. The van der Waals surface area contributed by atoms with Crippen LogP contribution in [0.3, 0.4) is 0 Å². The molecule has 70 valence electrons. The van der Waals surface area contributed by atoms with Crippen molar-refractivity contribution in [3.8, 4) is 0 Å². The predicted octanol–water partition coefficient (Wildman–Crippen LogP) is -0.261. The van der Waals surface area contributed by atoms with E-state index in [4.69, 9.17) is 10.8 Å². The van der Waals surface area contributed by atoms with E-state index in [0.717, 1.165) is 11.3 Å². The molecule has 0 fully saturated rings. The van der Waals surface area contributed by atoms with Gasteiger partial charge in [-0.3, -0.25) is 4.79 Å². The van der Waals surface area contributed by atoms with E-state index < -0.39 is 12.0 Å². The van der Waals surface area contributed by atoms with Gasteiger partial charge in [0.25, 0.3) is 0 Å². The summed E-state index contributed by atoms with van der Waals surface area (Å²) in [4.78, 5) is 18.2. The first-order chi connectivity index (χ1) is 6.11. The van der Waals surface area contributed by atoms with E-state index in [0.29, 0.717) is 0 Å². The zero-order chi connectivity index (χ0) is 9.84. The lowest BCUT2D eigenvalue weighted by molar-refractivity contribution is -0.138. The molecule has 13 heavy (non-hydrogen) atoms. The van der Waals surface area contributed by atoms with E-state index >= 15 is 0 Å². The van der Waals surface area contributed by atoms with E-state index in [1.54, 1.807) is 13.1 Å². The number of hydrogen-bond donors (Lipinski definition) is 2. The van der Waals surface area contributed by atoms with Crippen LogP contribution in [-0.4, -0.2) is 27.1 Å². The molecule has 0 amide bonds. The van der Waals surface area contributed by atoms with Crippen LogP contribution in [0.15, 0.2) is 12.5 Å². The lowest BCUT2D eigenvalue weighted by Gasteiger charge is -2.07. The molecule has 0 bridgehead atoms. The van der Waals surface area contributed by atoms with Crippen LogP contribution in [0.4, 0.5) is 0 Å². The van der Waals surface area contributed by atoms with Crippen molar-refractivity contribution in [3.05, 3.63) is 23.8 Å². The third-order valence-electron chi connectivity index (χ3n) is 1.77. The highest BCUT2D eigenvalue weighted by Gasteiger charge is 2.13. The molecule has 1 heterocycles. The molecule has 1 unspecified atom stereocenters. The van der Waals surface area contributed by atoms with Crippen LogP contribution in [0.5, 0.6) is 0 Å². The molecule has 0 aromatic carbocycles. The molecule has 5 nitrogen and oxygen atoms in total. The number of nitrogens with two attached hydrogens (primary N) is 1. The Morgan fingerprint density at radius 2 is 2.46 bits per heavy atom. The first-order valence-electron chi connectivity index (χ1n) is 3.85. The normalized spacial score (nSPS) is 12.5. The van der Waals surface area contributed by atoms with Crippen LogP contribution in [0.2, 0.25) is 0 Å². The molecule has 0 saturated carbocycles. The maximum absolute atomic E-state index is 10.4. The van der Waals surface area contributed by atoms with Gasteiger partial charge in [-0.05, 0) is 12.5 Å². The molecule has 1 atom stereocenters. The number of nitrogens with zero attached hydrogens (tertiary/aromatic N) is 2. The van der Waals surface area contributed by atoms with Gasteiger partial charge in [0.05, 0.1) is 0 Å². The monoisotopic (exact) mass is 181 g/mol. The first kappa shape index (κ1) is 9.60. The van der Waals surface area contributed by atoms with Crippen molar-refractivity contribution in [2.75, 3.05) is 0 Å². The van der Waals surface area contributed by atoms with E-state index in [1.807, 2.05) is 0 Å². The smallest absolute Gasteiger partial charge is 0.320 e. The van der Waals surface area contributed by atoms with Gasteiger partial charge in [0.15, 0.2) is 0 Å². The molecule has 0 aliphatic rings. The molecule has 0 aliphatic heterocycles. The Hall–Kier alpha value is -1.49. The van der Waals surface area contributed by atoms with Gasteiger partial charge in [-0.1, -0.05) is 0 Å². The number of aryl methyl sites for hydroxylation is 1. The van der Waals surface area contributed by atoms with Crippen LogP contribution in [0.25, 0.3) is 0 Å². The van der Waals surface area contributed by atoms with Gasteiger partial charge in [-0.25, -0.2) is 9.97 Å². The molecule has 1 aromatic heterocycles. The standard InChI is InChI=1S/C8H11N3O2/c1-5-6(3-10-4-11-5)2-7(9)8(12)13/h3-4,7H,2,9H2,1H3,(H,12,13). The summed E-state index contributed by atoms with van der Waals surface area (Å²) in [5, 5.41) is 8.57. The van der Waals surface area contributed by atoms with E-state index in [1.165, 1.54) is 6.33 Å². The molecule has 0 radical (unpaired) electrons. The number of hydrogen-bond acceptors (Lipinski definition) is 4. The van der Waals surface area contributed by atoms with Gasteiger partial charge in [0, 0.05) is 18.3 Å². The predicted molar refractivity (Wildman–Crippen MR) is 46.1 cm³/mol. The highest BCUT2D eigenvalue weighted by molar-refractivity contribution is 5.73. The van der Waals surface area contributed by atoms with Crippen molar-refractivity contribution >= 4 is 5.97 Å². The van der Waals surface area contributed by atoms with Gasteiger partial charge in [0.1, 0.15) is 12.4 Å². The van der Waals surface area contributed by atoms with Gasteiger partial charge in [-0.15, -0.1) is 0 Å². The van der Waals surface area contributed by atoms with Gasteiger partial charge in [0.2, 0.25) is 0 Å². The van der Waals surface area contributed by atoms with Crippen molar-refractivity contribution in [3.63, 3.8) is 0 Å². The van der Waals surface area contributed by atoms with E-state index in [9.17, 15) is 4.79 Å². The van der Waals surface area contributed by atoms with Gasteiger partial charge < -0.3 is 10.8 Å². The van der Waals surface area contributed by atoms with Crippen molar-refractivity contribution in [2.24, 2.45) is 5.73 Å². The summed E-state index contributed by atoms with van der Waals surface area (Å²) in [7, 11) is 0. The SMILES string of the molecule is Cc1ncncc1CC(N)C(=O)O. The van der Waals surface area contributed by atoms with Crippen molar-refractivity contribution in [2.45, 2.75) is 19.4 Å². The van der Waals surface area contributed by atoms with Crippen molar-refractivity contribution in [1.82, 2.24) is 9.97 Å². The van der Waals surface area contributed by atoms with Gasteiger partial charge >= 0.3 is 5.97 Å².